The predicted octanol–water partition coefficient (Wildman–Crippen LogP) is 2.89. The van der Waals surface area contributed by atoms with Crippen molar-refractivity contribution in [1.29, 1.82) is 0 Å². The fourth-order valence-corrected chi connectivity index (χ4v) is 2.44. The van der Waals surface area contributed by atoms with Crippen molar-refractivity contribution < 1.29 is 33.4 Å². The third kappa shape index (κ3) is 16.1. The van der Waals surface area contributed by atoms with E-state index in [1.54, 1.807) is 34.6 Å². The largest absolute Gasteiger partial charge is 0.490 e. The summed E-state index contributed by atoms with van der Waals surface area (Å²) in [4.78, 5) is 46.4. The van der Waals surface area contributed by atoms with Gasteiger partial charge in [0.15, 0.2) is 0 Å². The molecule has 10 heteroatoms. The fourth-order valence-electron chi connectivity index (χ4n) is 2.44. The molecular formula is C26H41N3O7. The molecule has 0 aromatic heterocycles. The van der Waals surface area contributed by atoms with Crippen molar-refractivity contribution >= 4 is 23.9 Å². The normalized spacial score (nSPS) is 11.6. The molecule has 0 radical (unpaired) electrons. The van der Waals surface area contributed by atoms with Gasteiger partial charge >= 0.3 is 12.1 Å². The number of rotatable bonds is 10. The molecule has 1 atom stereocenters. The summed E-state index contributed by atoms with van der Waals surface area (Å²) in [6.07, 6.45) is 3.24. The van der Waals surface area contributed by atoms with Gasteiger partial charge in [-0.2, -0.15) is 0 Å². The van der Waals surface area contributed by atoms with E-state index in [9.17, 15) is 19.2 Å². The van der Waals surface area contributed by atoms with Crippen molar-refractivity contribution in [2.45, 2.75) is 60.1 Å². The lowest BCUT2D eigenvalue weighted by molar-refractivity contribution is -0.141. The van der Waals surface area contributed by atoms with E-state index in [1.165, 1.54) is 12.7 Å². The number of esters is 1. The van der Waals surface area contributed by atoms with E-state index in [2.05, 4.69) is 27.6 Å². The van der Waals surface area contributed by atoms with E-state index in [-0.39, 0.29) is 19.0 Å². The first kappa shape index (κ1) is 32.4. The number of carbonyl (C=O) groups excluding carboxylic acids is 4. The first-order valence-corrected chi connectivity index (χ1v) is 11.7. The summed E-state index contributed by atoms with van der Waals surface area (Å²) in [5.74, 6) is -0.940. The van der Waals surface area contributed by atoms with Crippen LogP contribution in [-0.2, 0) is 23.9 Å². The molecule has 1 aromatic carbocycles. The molecule has 0 bridgehead atoms. The minimum absolute atomic E-state index is 0.215. The Hall–Kier alpha value is -3.56. The van der Waals surface area contributed by atoms with Gasteiger partial charge in [-0.25, -0.2) is 4.79 Å². The molecule has 3 N–H and O–H groups in total. The van der Waals surface area contributed by atoms with E-state index in [0.29, 0.717) is 6.61 Å². The Kier molecular flexibility index (Phi) is 15.3. The molecule has 202 valence electrons. The number of nitrogens with one attached hydrogen (secondary N) is 3. The minimum atomic E-state index is -0.845. The molecule has 1 aromatic rings. The maximum absolute atomic E-state index is 12.0. The lowest BCUT2D eigenvalue weighted by atomic mass is 10.0. The summed E-state index contributed by atoms with van der Waals surface area (Å²) in [5, 5.41) is 7.18. The zero-order valence-corrected chi connectivity index (χ0v) is 22.6. The molecule has 0 aliphatic heterocycles. The number of carbonyl (C=O) groups is 4. The van der Waals surface area contributed by atoms with Crippen LogP contribution in [0.4, 0.5) is 4.79 Å². The summed E-state index contributed by atoms with van der Waals surface area (Å²) >= 11 is 0. The molecule has 1 unspecified atom stereocenters. The number of hydrogen-bond donors (Lipinski definition) is 3. The van der Waals surface area contributed by atoms with Crippen LogP contribution < -0.4 is 20.7 Å². The number of hydrogen-bond acceptors (Lipinski definition) is 7. The lowest BCUT2D eigenvalue weighted by Gasteiger charge is -2.22. The monoisotopic (exact) mass is 507 g/mol. The SMILES string of the molecule is C/C=C\COc1ccc(C)cc1.COC(=O)CNC(=O)C(NC(=O)CNC(=O)OC(C)(C)C)C(C)C. The molecule has 0 aliphatic carbocycles. The average Bonchev–Trinajstić information content (AvgIpc) is 2.80. The first-order chi connectivity index (χ1) is 16.8. The van der Waals surface area contributed by atoms with Crippen LogP contribution in [0.25, 0.3) is 0 Å². The molecule has 0 spiro atoms. The van der Waals surface area contributed by atoms with Crippen molar-refractivity contribution in [1.82, 2.24) is 16.0 Å². The Bertz CT molecular complexity index is 859. The van der Waals surface area contributed by atoms with E-state index >= 15 is 0 Å². The Morgan fingerprint density at radius 2 is 1.61 bits per heavy atom. The van der Waals surface area contributed by atoms with Gasteiger partial charge in [0.2, 0.25) is 11.8 Å². The zero-order valence-electron chi connectivity index (χ0n) is 22.6. The second-order valence-electron chi connectivity index (χ2n) is 9.13. The number of alkyl carbamates (subject to hydrolysis) is 1. The van der Waals surface area contributed by atoms with E-state index < -0.39 is 35.5 Å². The van der Waals surface area contributed by atoms with E-state index in [1.807, 2.05) is 43.3 Å². The maximum atomic E-state index is 12.0. The van der Waals surface area contributed by atoms with Crippen LogP contribution >= 0.6 is 0 Å². The van der Waals surface area contributed by atoms with Gasteiger partial charge in [-0.1, -0.05) is 43.7 Å². The van der Waals surface area contributed by atoms with Crippen molar-refractivity contribution in [2.75, 3.05) is 26.8 Å². The summed E-state index contributed by atoms with van der Waals surface area (Å²) in [6, 6.07) is 7.22. The Balaban J connectivity index is 0.000000846. The fraction of sp³-hybridized carbons (Fsp3) is 0.538. The predicted molar refractivity (Wildman–Crippen MR) is 138 cm³/mol. The van der Waals surface area contributed by atoms with E-state index in [0.717, 1.165) is 5.75 Å². The van der Waals surface area contributed by atoms with Crippen molar-refractivity contribution in [2.24, 2.45) is 5.92 Å². The first-order valence-electron chi connectivity index (χ1n) is 11.7. The average molecular weight is 508 g/mol. The second kappa shape index (κ2) is 17.0. The van der Waals surface area contributed by atoms with Crippen LogP contribution in [-0.4, -0.2) is 62.3 Å². The molecule has 1 rings (SSSR count). The van der Waals surface area contributed by atoms with Crippen LogP contribution in [0, 0.1) is 12.8 Å². The molecule has 0 fully saturated rings. The number of ether oxygens (including phenoxy) is 3. The summed E-state index contributed by atoms with van der Waals surface area (Å²) in [7, 11) is 1.21. The standard InChI is InChI=1S/C15H27N3O6.C11H14O/c1-9(2)12(13(21)16-8-11(20)23-6)18-10(19)7-17-14(22)24-15(3,4)5;1-3-4-9-12-11-7-5-10(2)6-8-11/h9,12H,7-8H2,1-6H3,(H,16,21)(H,17,22)(H,18,19);3-8H,9H2,1-2H3/b;4-3-. The van der Waals surface area contributed by atoms with Gasteiger partial charge in [0.1, 0.15) is 37.1 Å². The van der Waals surface area contributed by atoms with Gasteiger partial charge in [-0.15, -0.1) is 0 Å². The zero-order chi connectivity index (χ0) is 27.7. The van der Waals surface area contributed by atoms with Gasteiger partial charge in [0, 0.05) is 0 Å². The third-order valence-electron chi connectivity index (χ3n) is 4.30. The number of amides is 3. The van der Waals surface area contributed by atoms with Gasteiger partial charge in [-0.05, 0) is 52.7 Å². The molecule has 0 aliphatic rings. The van der Waals surface area contributed by atoms with Gasteiger partial charge in [0.25, 0.3) is 0 Å². The summed E-state index contributed by atoms with van der Waals surface area (Å²) in [6.45, 7) is 12.7. The summed E-state index contributed by atoms with van der Waals surface area (Å²) < 4.78 is 14.8. The highest BCUT2D eigenvalue weighted by atomic mass is 16.6. The quantitative estimate of drug-likeness (QED) is 0.328. The molecule has 10 nitrogen and oxygen atoms in total. The highest BCUT2D eigenvalue weighted by Gasteiger charge is 2.25. The van der Waals surface area contributed by atoms with Gasteiger partial charge < -0.3 is 30.2 Å². The van der Waals surface area contributed by atoms with Crippen LogP contribution in [0.1, 0.15) is 47.1 Å². The highest BCUT2D eigenvalue weighted by Crippen LogP contribution is 2.11. The third-order valence-corrected chi connectivity index (χ3v) is 4.30. The van der Waals surface area contributed by atoms with Crippen molar-refractivity contribution in [3.8, 4) is 5.75 Å². The molecule has 0 saturated carbocycles. The number of aryl methyl sites for hydroxylation is 1. The lowest BCUT2D eigenvalue weighted by Crippen LogP contribution is -2.52. The second-order valence-corrected chi connectivity index (χ2v) is 9.13. The molecule has 3 amide bonds. The molecule has 0 saturated heterocycles. The van der Waals surface area contributed by atoms with Crippen LogP contribution in [0.5, 0.6) is 5.75 Å². The topological polar surface area (TPSA) is 132 Å². The number of allylic oxidation sites excluding steroid dienone is 1. The van der Waals surface area contributed by atoms with E-state index in [4.69, 9.17) is 9.47 Å². The number of methoxy groups -OCH3 is 1. The Labute approximate surface area is 214 Å². The summed E-state index contributed by atoms with van der Waals surface area (Å²) in [5.41, 5.74) is 0.586. The molecular weight excluding hydrogens is 466 g/mol. The smallest absolute Gasteiger partial charge is 0.408 e. The minimum Gasteiger partial charge on any atom is -0.490 e. The Morgan fingerprint density at radius 3 is 2.11 bits per heavy atom. The Morgan fingerprint density at radius 1 is 1.00 bits per heavy atom. The van der Waals surface area contributed by atoms with Gasteiger partial charge in [0.05, 0.1) is 7.11 Å². The molecule has 0 heterocycles. The van der Waals surface area contributed by atoms with Crippen LogP contribution in [0.2, 0.25) is 0 Å². The number of benzene rings is 1. The van der Waals surface area contributed by atoms with Crippen LogP contribution in [0.15, 0.2) is 36.4 Å². The molecule has 36 heavy (non-hydrogen) atoms. The maximum Gasteiger partial charge on any atom is 0.408 e. The van der Waals surface area contributed by atoms with Crippen LogP contribution in [0.3, 0.4) is 0 Å². The highest BCUT2D eigenvalue weighted by molar-refractivity contribution is 5.91. The van der Waals surface area contributed by atoms with Gasteiger partial charge in [-0.3, -0.25) is 14.4 Å². The van der Waals surface area contributed by atoms with Crippen molar-refractivity contribution in [3.05, 3.63) is 42.0 Å². The van der Waals surface area contributed by atoms with Crippen molar-refractivity contribution in [3.63, 3.8) is 0 Å².